The molecule has 2 saturated heterocycles. The first-order chi connectivity index (χ1) is 33.6. The van der Waals surface area contributed by atoms with Gasteiger partial charge in [0.25, 0.3) is 0 Å². The second-order valence-electron chi connectivity index (χ2n) is 16.7. The van der Waals surface area contributed by atoms with Gasteiger partial charge in [-0.25, -0.2) is 0 Å². The van der Waals surface area contributed by atoms with Crippen LogP contribution in [0.3, 0.4) is 0 Å². The quantitative estimate of drug-likeness (QED) is 0.0327. The third-order valence-corrected chi connectivity index (χ3v) is 11.8. The monoisotopic (exact) mass is 921 g/mol. The van der Waals surface area contributed by atoms with Gasteiger partial charge in [-0.05, 0) is 38.9 Å². The third kappa shape index (κ3) is 13.9. The number of benzene rings is 6. The van der Waals surface area contributed by atoms with E-state index in [0.29, 0.717) is 13.2 Å². The molecule has 13 heteroatoms. The van der Waals surface area contributed by atoms with Gasteiger partial charge in [0.1, 0.15) is 48.8 Å². The highest BCUT2D eigenvalue weighted by Gasteiger charge is 2.54. The van der Waals surface area contributed by atoms with Crippen molar-refractivity contribution in [3.63, 3.8) is 0 Å². The molecule has 2 aliphatic heterocycles. The minimum Gasteiger partial charge on any atom is -0.374 e. The van der Waals surface area contributed by atoms with Crippen molar-refractivity contribution >= 4 is 0 Å². The number of ether oxygens (including phenoxy) is 10. The molecule has 10 atom stereocenters. The van der Waals surface area contributed by atoms with Gasteiger partial charge < -0.3 is 47.4 Å². The van der Waals surface area contributed by atoms with Crippen LogP contribution >= 0.6 is 0 Å². The molecule has 2 heterocycles. The van der Waals surface area contributed by atoms with Crippen LogP contribution in [-0.4, -0.2) is 81.7 Å². The van der Waals surface area contributed by atoms with E-state index in [-0.39, 0.29) is 39.6 Å². The molecular weight excluding hydrogens is 863 g/mol. The van der Waals surface area contributed by atoms with E-state index in [2.05, 4.69) is 10.0 Å². The Morgan fingerprint density at radius 3 is 1.15 bits per heavy atom. The Hall–Kier alpha value is -5.77. The Bertz CT molecular complexity index is 2370. The Labute approximate surface area is 398 Å². The third-order valence-electron chi connectivity index (χ3n) is 11.8. The van der Waals surface area contributed by atoms with Crippen molar-refractivity contribution in [2.45, 2.75) is 101 Å². The van der Waals surface area contributed by atoms with Crippen molar-refractivity contribution in [3.05, 3.63) is 226 Å². The number of azide groups is 1. The molecule has 13 nitrogen and oxygen atoms in total. The molecule has 0 aliphatic carbocycles. The summed E-state index contributed by atoms with van der Waals surface area (Å²) < 4.78 is 67.1. The number of rotatable bonds is 24. The first-order valence-electron chi connectivity index (χ1n) is 23.0. The van der Waals surface area contributed by atoms with Gasteiger partial charge in [0, 0.05) is 12.0 Å². The highest BCUT2D eigenvalue weighted by Crippen LogP contribution is 2.36. The maximum absolute atomic E-state index is 10.3. The van der Waals surface area contributed by atoms with Crippen LogP contribution in [0.25, 0.3) is 10.4 Å². The van der Waals surface area contributed by atoms with E-state index < -0.39 is 61.3 Å². The zero-order chi connectivity index (χ0) is 46.6. The summed E-state index contributed by atoms with van der Waals surface area (Å²) in [5, 5.41) is 4.38. The van der Waals surface area contributed by atoms with Gasteiger partial charge in [-0.1, -0.05) is 187 Å². The predicted octanol–water partition coefficient (Wildman–Crippen LogP) is 9.92. The summed E-state index contributed by atoms with van der Waals surface area (Å²) in [6.07, 6.45) is -7.90. The summed E-state index contributed by atoms with van der Waals surface area (Å²) >= 11 is 0. The summed E-state index contributed by atoms with van der Waals surface area (Å²) in [6, 6.07) is 58.1. The molecule has 0 bridgehead atoms. The molecule has 2 fully saturated rings. The summed E-state index contributed by atoms with van der Waals surface area (Å²) in [5.41, 5.74) is 16.1. The first-order valence-corrected chi connectivity index (χ1v) is 23.0. The molecule has 0 N–H and O–H groups in total. The lowest BCUT2D eigenvalue weighted by Gasteiger charge is -2.49. The summed E-state index contributed by atoms with van der Waals surface area (Å²) in [5.74, 6) is 0. The fourth-order valence-electron chi connectivity index (χ4n) is 8.40. The van der Waals surface area contributed by atoms with Gasteiger partial charge in [0.05, 0.1) is 52.9 Å². The van der Waals surface area contributed by atoms with Crippen molar-refractivity contribution in [3.8, 4) is 0 Å². The van der Waals surface area contributed by atoms with Gasteiger partial charge in [0.15, 0.2) is 12.6 Å². The van der Waals surface area contributed by atoms with Crippen molar-refractivity contribution < 1.29 is 47.4 Å². The molecule has 0 saturated carbocycles. The van der Waals surface area contributed by atoms with Crippen LogP contribution in [0.5, 0.6) is 0 Å². The Balaban J connectivity index is 1.16. The van der Waals surface area contributed by atoms with Gasteiger partial charge in [-0.3, -0.25) is 0 Å². The van der Waals surface area contributed by atoms with Crippen molar-refractivity contribution in [1.82, 2.24) is 0 Å². The molecule has 354 valence electrons. The highest BCUT2D eigenvalue weighted by atomic mass is 16.8. The van der Waals surface area contributed by atoms with Gasteiger partial charge in [0.2, 0.25) is 0 Å². The maximum atomic E-state index is 10.3. The Morgan fingerprint density at radius 1 is 0.412 bits per heavy atom. The fraction of sp³-hybridized carbons (Fsp3) is 0.345. The van der Waals surface area contributed by atoms with Gasteiger partial charge in [-0.2, -0.15) is 0 Å². The first kappa shape index (κ1) is 48.7. The predicted molar refractivity (Wildman–Crippen MR) is 254 cm³/mol. The molecule has 0 amide bonds. The van der Waals surface area contributed by atoms with Crippen molar-refractivity contribution in [2.24, 2.45) is 5.11 Å². The normalized spacial score (nSPS) is 24.8. The number of nitrogens with zero attached hydrogens (tertiary/aromatic N) is 3. The molecule has 2 aliphatic rings. The summed E-state index contributed by atoms with van der Waals surface area (Å²) in [6.45, 7) is 1.67. The summed E-state index contributed by atoms with van der Waals surface area (Å²) in [4.78, 5) is 3.35. The molecule has 0 unspecified atom stereocenters. The van der Waals surface area contributed by atoms with E-state index in [9.17, 15) is 5.53 Å². The standard InChI is InChI=1S/C55H59N3O10/c1-59-55-53(65-37-45-30-18-7-19-31-45)52(64-36-44-28-16-6-17-29-44)50(47(67-55)39-61-33-41-22-10-3-11-23-41)68-54-48(57-58-56)51(63-35-43-26-14-5-15-27-43)49(62-34-42-24-12-4-13-25-42)46(66-54)38-60-32-40-20-8-2-9-21-40/h2-31,46-55H,32-39H2,1H3/t46-,47-,48-,49-,50-,51-,52+,53-,54+,55+/m1/s1. The molecule has 6 aromatic rings. The molecule has 68 heavy (non-hydrogen) atoms. The average Bonchev–Trinajstić information content (AvgIpc) is 3.39. The fourth-order valence-corrected chi connectivity index (χ4v) is 8.40. The van der Waals surface area contributed by atoms with Crippen LogP contribution in [0.4, 0.5) is 0 Å². The number of methoxy groups -OCH3 is 1. The van der Waals surface area contributed by atoms with Crippen molar-refractivity contribution in [2.75, 3.05) is 20.3 Å². The molecule has 6 aromatic carbocycles. The van der Waals surface area contributed by atoms with Crippen LogP contribution in [0.15, 0.2) is 187 Å². The van der Waals surface area contributed by atoms with Crippen LogP contribution in [-0.2, 0) is 87.0 Å². The van der Waals surface area contributed by atoms with E-state index >= 15 is 0 Å². The van der Waals surface area contributed by atoms with Gasteiger partial charge in [-0.15, -0.1) is 0 Å². The number of hydrogen-bond acceptors (Lipinski definition) is 11. The SMILES string of the molecule is CO[C@H]1O[C@H](COCc2ccccc2)[C@@H](O[C@@H]2O[C@H](COCc3ccccc3)[C@@H](OCc3ccccc3)[C@H](OCc3ccccc3)[C@H]2N=[N+]=[N-])[C@H](OCc2ccccc2)[C@H]1OCc1ccccc1. The lowest BCUT2D eigenvalue weighted by atomic mass is 9.95. The highest BCUT2D eigenvalue weighted by molar-refractivity contribution is 5.18. The lowest BCUT2D eigenvalue weighted by Crippen LogP contribution is -2.65. The zero-order valence-corrected chi connectivity index (χ0v) is 38.2. The average molecular weight is 922 g/mol. The minimum absolute atomic E-state index is 0.0787. The molecule has 0 radical (unpaired) electrons. The van der Waals surface area contributed by atoms with E-state index in [0.717, 1.165) is 33.4 Å². The topological polar surface area (TPSA) is 141 Å². The van der Waals surface area contributed by atoms with Crippen LogP contribution < -0.4 is 0 Å². The van der Waals surface area contributed by atoms with E-state index in [4.69, 9.17) is 47.4 Å². The minimum atomic E-state index is -1.23. The Morgan fingerprint density at radius 2 is 0.750 bits per heavy atom. The van der Waals surface area contributed by atoms with Crippen LogP contribution in [0.2, 0.25) is 0 Å². The maximum Gasteiger partial charge on any atom is 0.186 e. The van der Waals surface area contributed by atoms with Crippen molar-refractivity contribution in [1.29, 1.82) is 0 Å². The second-order valence-corrected chi connectivity index (χ2v) is 16.7. The van der Waals surface area contributed by atoms with Crippen LogP contribution in [0, 0.1) is 0 Å². The largest absolute Gasteiger partial charge is 0.374 e. The van der Waals surface area contributed by atoms with Crippen LogP contribution in [0.1, 0.15) is 33.4 Å². The summed E-state index contributed by atoms with van der Waals surface area (Å²) in [7, 11) is 1.58. The molecule has 8 rings (SSSR count). The van der Waals surface area contributed by atoms with E-state index in [1.165, 1.54) is 0 Å². The zero-order valence-electron chi connectivity index (χ0n) is 38.2. The Kier molecular flexibility index (Phi) is 18.7. The van der Waals surface area contributed by atoms with E-state index in [1.807, 2.05) is 182 Å². The molecular formula is C55H59N3O10. The second kappa shape index (κ2) is 26.1. The van der Waals surface area contributed by atoms with E-state index in [1.54, 1.807) is 7.11 Å². The van der Waals surface area contributed by atoms with Gasteiger partial charge >= 0.3 is 0 Å². The smallest absolute Gasteiger partial charge is 0.186 e. The molecule has 0 aromatic heterocycles. The lowest BCUT2D eigenvalue weighted by molar-refractivity contribution is -0.358. The molecule has 0 spiro atoms. The number of hydrogen-bond donors (Lipinski definition) is 0.